The molecular weight excluding hydrogens is 238 g/mol. The van der Waals surface area contributed by atoms with Gasteiger partial charge in [0.05, 0.1) is 11.3 Å². The molecular formula is C12H17NO3S. The van der Waals surface area contributed by atoms with E-state index in [-0.39, 0.29) is 23.3 Å². The zero-order chi connectivity index (χ0) is 13.1. The SMILES string of the molecule is CC(C)NC(=O)Cc1ccccc1S(C)(=O)=O. The van der Waals surface area contributed by atoms with Crippen molar-refractivity contribution in [2.45, 2.75) is 31.2 Å². The molecule has 0 saturated heterocycles. The predicted octanol–water partition coefficient (Wildman–Crippen LogP) is 1.16. The van der Waals surface area contributed by atoms with E-state index in [1.54, 1.807) is 18.2 Å². The van der Waals surface area contributed by atoms with Crippen LogP contribution in [-0.2, 0) is 21.1 Å². The fourth-order valence-electron chi connectivity index (χ4n) is 1.56. The van der Waals surface area contributed by atoms with Crippen molar-refractivity contribution in [1.29, 1.82) is 0 Å². The topological polar surface area (TPSA) is 63.2 Å². The summed E-state index contributed by atoms with van der Waals surface area (Å²) in [4.78, 5) is 11.8. The Morgan fingerprint density at radius 1 is 1.29 bits per heavy atom. The number of nitrogens with one attached hydrogen (secondary N) is 1. The number of carbonyl (C=O) groups excluding carboxylic acids is 1. The standard InChI is InChI=1S/C12H17NO3S/c1-9(2)13-12(14)8-10-6-4-5-7-11(10)17(3,15)16/h4-7,9H,8H2,1-3H3,(H,13,14). The first-order valence-electron chi connectivity index (χ1n) is 5.38. The van der Waals surface area contributed by atoms with Crippen LogP contribution in [0.4, 0.5) is 0 Å². The van der Waals surface area contributed by atoms with Crippen LogP contribution < -0.4 is 5.32 Å². The lowest BCUT2D eigenvalue weighted by atomic mass is 10.1. The van der Waals surface area contributed by atoms with Gasteiger partial charge in [0.25, 0.3) is 0 Å². The molecule has 0 aliphatic rings. The smallest absolute Gasteiger partial charge is 0.224 e. The van der Waals surface area contributed by atoms with Crippen molar-refractivity contribution in [2.24, 2.45) is 0 Å². The van der Waals surface area contributed by atoms with Crippen molar-refractivity contribution >= 4 is 15.7 Å². The zero-order valence-electron chi connectivity index (χ0n) is 10.2. The Labute approximate surface area is 102 Å². The maximum Gasteiger partial charge on any atom is 0.224 e. The average Bonchev–Trinajstić information content (AvgIpc) is 2.15. The van der Waals surface area contributed by atoms with Crippen LogP contribution in [0.25, 0.3) is 0 Å². The van der Waals surface area contributed by atoms with E-state index in [0.29, 0.717) is 5.56 Å². The molecule has 5 heteroatoms. The van der Waals surface area contributed by atoms with Gasteiger partial charge < -0.3 is 5.32 Å². The highest BCUT2D eigenvalue weighted by atomic mass is 32.2. The molecule has 1 aromatic rings. The summed E-state index contributed by atoms with van der Waals surface area (Å²) in [5.74, 6) is -0.170. The molecule has 0 bridgehead atoms. The van der Waals surface area contributed by atoms with Gasteiger partial charge in [-0.3, -0.25) is 4.79 Å². The number of hydrogen-bond acceptors (Lipinski definition) is 3. The normalized spacial score (nSPS) is 11.5. The summed E-state index contributed by atoms with van der Waals surface area (Å²) in [7, 11) is -3.29. The first-order valence-corrected chi connectivity index (χ1v) is 7.27. The first kappa shape index (κ1) is 13.7. The van der Waals surface area contributed by atoms with Crippen LogP contribution in [0.2, 0.25) is 0 Å². The highest BCUT2D eigenvalue weighted by Crippen LogP contribution is 2.15. The van der Waals surface area contributed by atoms with Crippen molar-refractivity contribution in [3.8, 4) is 0 Å². The predicted molar refractivity (Wildman–Crippen MR) is 66.5 cm³/mol. The van der Waals surface area contributed by atoms with Crippen LogP contribution in [0.3, 0.4) is 0 Å². The number of hydrogen-bond donors (Lipinski definition) is 1. The van der Waals surface area contributed by atoms with Crippen molar-refractivity contribution in [1.82, 2.24) is 5.32 Å². The molecule has 0 aliphatic carbocycles. The molecule has 0 fully saturated rings. The Bertz CT molecular complexity index is 506. The quantitative estimate of drug-likeness (QED) is 0.878. The summed E-state index contributed by atoms with van der Waals surface area (Å²) in [6.07, 6.45) is 1.23. The van der Waals surface area contributed by atoms with E-state index in [2.05, 4.69) is 5.32 Å². The first-order chi connectivity index (χ1) is 7.80. The Morgan fingerprint density at radius 2 is 1.88 bits per heavy atom. The summed E-state index contributed by atoms with van der Waals surface area (Å²) < 4.78 is 23.1. The summed E-state index contributed by atoms with van der Waals surface area (Å²) in [6, 6.07) is 6.61. The van der Waals surface area contributed by atoms with Crippen molar-refractivity contribution in [3.05, 3.63) is 29.8 Å². The third kappa shape index (κ3) is 4.19. The molecule has 0 aromatic heterocycles. The van der Waals surface area contributed by atoms with Crippen LogP contribution in [0.15, 0.2) is 29.2 Å². The minimum absolute atomic E-state index is 0.0490. The van der Waals surface area contributed by atoms with Gasteiger partial charge in [-0.15, -0.1) is 0 Å². The lowest BCUT2D eigenvalue weighted by molar-refractivity contribution is -0.120. The second-order valence-corrected chi connectivity index (χ2v) is 6.26. The van der Waals surface area contributed by atoms with Gasteiger partial charge in [-0.25, -0.2) is 8.42 Å². The maximum absolute atomic E-state index is 11.6. The molecule has 0 radical (unpaired) electrons. The van der Waals surface area contributed by atoms with E-state index in [4.69, 9.17) is 0 Å². The molecule has 0 heterocycles. The van der Waals surface area contributed by atoms with Gasteiger partial charge in [0.2, 0.25) is 5.91 Å². The zero-order valence-corrected chi connectivity index (χ0v) is 11.0. The number of amides is 1. The average molecular weight is 255 g/mol. The number of sulfone groups is 1. The molecule has 1 N–H and O–H groups in total. The lowest BCUT2D eigenvalue weighted by Gasteiger charge is -2.10. The van der Waals surface area contributed by atoms with Gasteiger partial charge >= 0.3 is 0 Å². The van der Waals surface area contributed by atoms with E-state index in [0.717, 1.165) is 6.26 Å². The van der Waals surface area contributed by atoms with Crippen molar-refractivity contribution < 1.29 is 13.2 Å². The van der Waals surface area contributed by atoms with Gasteiger partial charge in [-0.05, 0) is 25.5 Å². The van der Waals surface area contributed by atoms with Crippen molar-refractivity contribution in [3.63, 3.8) is 0 Å². The highest BCUT2D eigenvalue weighted by molar-refractivity contribution is 7.90. The monoisotopic (exact) mass is 255 g/mol. The minimum Gasteiger partial charge on any atom is -0.354 e. The molecule has 0 saturated carbocycles. The number of benzene rings is 1. The second-order valence-electron chi connectivity index (χ2n) is 4.28. The Morgan fingerprint density at radius 3 is 2.41 bits per heavy atom. The van der Waals surface area contributed by atoms with Gasteiger partial charge in [0.15, 0.2) is 9.84 Å². The largest absolute Gasteiger partial charge is 0.354 e. The summed E-state index contributed by atoms with van der Waals surface area (Å²) >= 11 is 0. The molecule has 17 heavy (non-hydrogen) atoms. The van der Waals surface area contributed by atoms with E-state index in [9.17, 15) is 13.2 Å². The molecule has 0 spiro atoms. The summed E-state index contributed by atoms with van der Waals surface area (Å²) in [6.45, 7) is 3.72. The third-order valence-corrected chi connectivity index (χ3v) is 3.37. The van der Waals surface area contributed by atoms with E-state index < -0.39 is 9.84 Å². The van der Waals surface area contributed by atoms with Gasteiger partial charge in [-0.2, -0.15) is 0 Å². The molecule has 1 aromatic carbocycles. The fraction of sp³-hybridized carbons (Fsp3) is 0.417. The molecule has 0 atom stereocenters. The fourth-order valence-corrected chi connectivity index (χ4v) is 2.50. The van der Waals surface area contributed by atoms with Crippen LogP contribution >= 0.6 is 0 Å². The van der Waals surface area contributed by atoms with E-state index in [1.807, 2.05) is 13.8 Å². The maximum atomic E-state index is 11.6. The lowest BCUT2D eigenvalue weighted by Crippen LogP contribution is -2.31. The van der Waals surface area contributed by atoms with Gasteiger partial charge in [-0.1, -0.05) is 18.2 Å². The van der Waals surface area contributed by atoms with Crippen LogP contribution in [0, 0.1) is 0 Å². The van der Waals surface area contributed by atoms with Crippen LogP contribution in [0.5, 0.6) is 0 Å². The summed E-state index contributed by atoms with van der Waals surface area (Å²) in [5.41, 5.74) is 0.535. The van der Waals surface area contributed by atoms with Crippen LogP contribution in [-0.4, -0.2) is 26.6 Å². The minimum atomic E-state index is -3.29. The second kappa shape index (κ2) is 5.31. The van der Waals surface area contributed by atoms with Crippen LogP contribution in [0.1, 0.15) is 19.4 Å². The van der Waals surface area contributed by atoms with Crippen molar-refractivity contribution in [2.75, 3.05) is 6.26 Å². The molecule has 94 valence electrons. The molecule has 0 aliphatic heterocycles. The number of rotatable bonds is 4. The number of carbonyl (C=O) groups is 1. The Kier molecular flexibility index (Phi) is 4.28. The summed E-state index contributed by atoms with van der Waals surface area (Å²) in [5, 5.41) is 2.74. The molecule has 0 unspecified atom stereocenters. The highest BCUT2D eigenvalue weighted by Gasteiger charge is 2.15. The van der Waals surface area contributed by atoms with Gasteiger partial charge in [0, 0.05) is 12.3 Å². The molecule has 1 rings (SSSR count). The van der Waals surface area contributed by atoms with Gasteiger partial charge in [0.1, 0.15) is 0 Å². The third-order valence-electron chi connectivity index (χ3n) is 2.17. The Hall–Kier alpha value is -1.36. The Balaban J connectivity index is 2.96. The molecule has 4 nitrogen and oxygen atoms in total. The van der Waals surface area contributed by atoms with E-state index in [1.165, 1.54) is 6.07 Å². The van der Waals surface area contributed by atoms with E-state index >= 15 is 0 Å². The molecule has 1 amide bonds.